The van der Waals surface area contributed by atoms with Gasteiger partial charge in [0.15, 0.2) is 0 Å². The molecular formula is C26H29ClFN9O. The Hall–Kier alpha value is -3.83. The number of carbonyl (C=O) groups excluding carboxylic acids is 1. The zero-order valence-electron chi connectivity index (χ0n) is 21.4. The highest BCUT2D eigenvalue weighted by Gasteiger charge is 2.20. The van der Waals surface area contributed by atoms with Crippen LogP contribution < -0.4 is 15.5 Å². The highest BCUT2D eigenvalue weighted by Crippen LogP contribution is 2.27. The molecule has 2 N–H and O–H groups in total. The summed E-state index contributed by atoms with van der Waals surface area (Å²) in [6.45, 7) is 7.98. The van der Waals surface area contributed by atoms with E-state index in [-0.39, 0.29) is 5.91 Å². The van der Waals surface area contributed by atoms with Gasteiger partial charge in [0.2, 0.25) is 5.65 Å². The van der Waals surface area contributed by atoms with Crippen LogP contribution in [0.4, 0.5) is 21.7 Å². The summed E-state index contributed by atoms with van der Waals surface area (Å²) in [5.41, 5.74) is 2.33. The van der Waals surface area contributed by atoms with Gasteiger partial charge in [-0.15, -0.1) is 0 Å². The lowest BCUT2D eigenvalue weighted by Crippen LogP contribution is -2.45. The molecule has 1 atom stereocenters. The Balaban J connectivity index is 1.28. The van der Waals surface area contributed by atoms with Crippen LogP contribution >= 0.6 is 11.6 Å². The van der Waals surface area contributed by atoms with E-state index < -0.39 is 11.9 Å². The van der Waals surface area contributed by atoms with E-state index in [1.165, 1.54) is 18.3 Å². The quantitative estimate of drug-likeness (QED) is 0.361. The molecule has 12 heteroatoms. The molecule has 4 heterocycles. The van der Waals surface area contributed by atoms with Crippen LogP contribution in [0.1, 0.15) is 35.8 Å². The molecule has 1 aliphatic rings. The van der Waals surface area contributed by atoms with Crippen molar-refractivity contribution in [3.05, 3.63) is 64.8 Å². The van der Waals surface area contributed by atoms with Gasteiger partial charge in [-0.1, -0.05) is 11.6 Å². The monoisotopic (exact) mass is 537 g/mol. The normalized spacial score (nSPS) is 15.0. The zero-order chi connectivity index (χ0) is 26.8. The number of hydrogen-bond donors (Lipinski definition) is 2. The fraction of sp³-hybridized carbons (Fsp3) is 0.346. The van der Waals surface area contributed by atoms with Crippen molar-refractivity contribution in [2.75, 3.05) is 48.8 Å². The minimum absolute atomic E-state index is 0.319. The lowest BCUT2D eigenvalue weighted by Gasteiger charge is -2.33. The smallest absolute Gasteiger partial charge is 0.257 e. The number of amides is 1. The summed E-state index contributed by atoms with van der Waals surface area (Å²) in [5.74, 6) is 0.350. The number of rotatable bonds is 7. The van der Waals surface area contributed by atoms with Gasteiger partial charge < -0.3 is 20.4 Å². The molecule has 0 saturated carbocycles. The topological polar surface area (TPSA) is 104 Å². The molecule has 10 nitrogen and oxygen atoms in total. The molecule has 0 bridgehead atoms. The number of piperazine rings is 1. The number of anilines is 3. The van der Waals surface area contributed by atoms with Gasteiger partial charge >= 0.3 is 0 Å². The predicted octanol–water partition coefficient (Wildman–Crippen LogP) is 4.21. The third-order valence-corrected chi connectivity index (χ3v) is 6.85. The number of carbonyl (C=O) groups is 1. The number of hydrogen-bond acceptors (Lipinski definition) is 8. The van der Waals surface area contributed by atoms with Crippen molar-refractivity contribution in [2.45, 2.75) is 26.4 Å². The lowest BCUT2D eigenvalue weighted by molar-refractivity contribution is 0.102. The molecule has 198 valence electrons. The van der Waals surface area contributed by atoms with Crippen molar-refractivity contribution in [3.8, 4) is 0 Å². The molecule has 0 aliphatic carbocycles. The van der Waals surface area contributed by atoms with Gasteiger partial charge in [0, 0.05) is 50.2 Å². The molecule has 1 amide bonds. The lowest BCUT2D eigenvalue weighted by atomic mass is 10.1. The number of nitrogens with one attached hydrogen (secondary N) is 2. The first-order chi connectivity index (χ1) is 18.3. The van der Waals surface area contributed by atoms with Crippen LogP contribution in [-0.4, -0.2) is 68.8 Å². The Kier molecular flexibility index (Phi) is 7.39. The third kappa shape index (κ3) is 5.53. The number of benzene rings is 1. The Labute approximate surface area is 224 Å². The van der Waals surface area contributed by atoms with Crippen LogP contribution in [0.25, 0.3) is 11.2 Å². The van der Waals surface area contributed by atoms with E-state index in [1.54, 1.807) is 29.9 Å². The highest BCUT2D eigenvalue weighted by atomic mass is 35.5. The standard InChI is InChI=1S/C26H29ClFN9O/c1-4-37-15-22-24(34-37)33-23(14-29-22)31-16(2)19-12-18(5-6-21(19)28)32-26(38)17-11-20(27)25(30-13-17)36-9-7-35(3)8-10-36/h5-6,11-16H,4,7-10H2,1-3H3,(H,32,38)(H,31,33,34)/t16-/m0/s1. The summed E-state index contributed by atoms with van der Waals surface area (Å²) < 4.78 is 16.5. The first-order valence-corrected chi connectivity index (χ1v) is 12.8. The minimum Gasteiger partial charge on any atom is -0.362 e. The molecule has 3 aromatic heterocycles. The largest absolute Gasteiger partial charge is 0.362 e. The molecule has 1 aromatic carbocycles. The van der Waals surface area contributed by atoms with Crippen molar-refractivity contribution >= 4 is 46.0 Å². The van der Waals surface area contributed by atoms with Gasteiger partial charge in [-0.2, -0.15) is 5.10 Å². The van der Waals surface area contributed by atoms with E-state index in [1.807, 2.05) is 13.1 Å². The Morgan fingerprint density at radius 2 is 1.95 bits per heavy atom. The molecule has 5 rings (SSSR count). The maximum absolute atomic E-state index is 14.7. The van der Waals surface area contributed by atoms with Crippen molar-refractivity contribution < 1.29 is 9.18 Å². The second kappa shape index (κ2) is 10.9. The predicted molar refractivity (Wildman–Crippen MR) is 146 cm³/mol. The summed E-state index contributed by atoms with van der Waals surface area (Å²) in [6, 6.07) is 5.59. The molecule has 1 saturated heterocycles. The van der Waals surface area contributed by atoms with E-state index in [4.69, 9.17) is 11.6 Å². The number of fused-ring (bicyclic) bond motifs is 1. The summed E-state index contributed by atoms with van der Waals surface area (Å²) in [4.78, 5) is 30.6. The van der Waals surface area contributed by atoms with E-state index in [0.717, 1.165) is 26.2 Å². The van der Waals surface area contributed by atoms with Crippen LogP contribution in [0.15, 0.2) is 42.9 Å². The summed E-state index contributed by atoms with van der Waals surface area (Å²) in [7, 11) is 2.08. The van der Waals surface area contributed by atoms with Gasteiger partial charge in [-0.05, 0) is 45.2 Å². The Morgan fingerprint density at radius 3 is 2.68 bits per heavy atom. The van der Waals surface area contributed by atoms with E-state index in [9.17, 15) is 9.18 Å². The molecule has 0 radical (unpaired) electrons. The third-order valence-electron chi connectivity index (χ3n) is 6.57. The Morgan fingerprint density at radius 1 is 1.16 bits per heavy atom. The first kappa shape index (κ1) is 25.8. The molecule has 1 aliphatic heterocycles. The van der Waals surface area contributed by atoms with Crippen molar-refractivity contribution in [3.63, 3.8) is 0 Å². The number of aryl methyl sites for hydroxylation is 1. The number of pyridine rings is 1. The highest BCUT2D eigenvalue weighted by molar-refractivity contribution is 6.33. The van der Waals surface area contributed by atoms with Gasteiger partial charge in [-0.3, -0.25) is 9.48 Å². The average molecular weight is 538 g/mol. The maximum Gasteiger partial charge on any atom is 0.257 e. The van der Waals surface area contributed by atoms with Crippen molar-refractivity contribution in [2.24, 2.45) is 0 Å². The second-order valence-corrected chi connectivity index (χ2v) is 9.73. The minimum atomic E-state index is -0.453. The molecular weight excluding hydrogens is 509 g/mol. The number of nitrogens with zero attached hydrogens (tertiary/aromatic N) is 7. The number of halogens is 2. The number of likely N-dealkylation sites (N-methyl/N-ethyl adjacent to an activating group) is 1. The van der Waals surface area contributed by atoms with Crippen LogP contribution in [0.2, 0.25) is 5.02 Å². The summed E-state index contributed by atoms with van der Waals surface area (Å²) in [6.07, 6.45) is 4.93. The maximum atomic E-state index is 14.7. The van der Waals surface area contributed by atoms with Gasteiger partial charge in [0.25, 0.3) is 5.91 Å². The average Bonchev–Trinajstić information content (AvgIpc) is 3.33. The van der Waals surface area contributed by atoms with Crippen LogP contribution in [-0.2, 0) is 6.54 Å². The molecule has 38 heavy (non-hydrogen) atoms. The van der Waals surface area contributed by atoms with Crippen LogP contribution in [0.5, 0.6) is 0 Å². The van der Waals surface area contributed by atoms with Crippen molar-refractivity contribution in [1.82, 2.24) is 29.6 Å². The van der Waals surface area contributed by atoms with E-state index >= 15 is 0 Å². The first-order valence-electron chi connectivity index (χ1n) is 12.5. The van der Waals surface area contributed by atoms with E-state index in [2.05, 4.69) is 47.5 Å². The molecule has 0 spiro atoms. The van der Waals surface area contributed by atoms with Crippen LogP contribution in [0, 0.1) is 5.82 Å². The summed E-state index contributed by atoms with van der Waals surface area (Å²) in [5, 5.41) is 10.8. The van der Waals surface area contributed by atoms with Crippen LogP contribution in [0.3, 0.4) is 0 Å². The molecule has 0 unspecified atom stereocenters. The zero-order valence-corrected chi connectivity index (χ0v) is 22.2. The fourth-order valence-electron chi connectivity index (χ4n) is 4.34. The molecule has 1 fully saturated rings. The van der Waals surface area contributed by atoms with E-state index in [0.29, 0.717) is 51.2 Å². The van der Waals surface area contributed by atoms with Gasteiger partial charge in [0.05, 0.1) is 29.0 Å². The number of aromatic nitrogens is 5. The Bertz CT molecular complexity index is 1470. The SMILES string of the molecule is CCn1cc2ncc(N[C@@H](C)c3cc(NC(=O)c4cnc(N5CCN(C)CC5)c(Cl)c4)ccc3F)nc2n1. The second-order valence-electron chi connectivity index (χ2n) is 9.33. The van der Waals surface area contributed by atoms with Gasteiger partial charge in [-0.25, -0.2) is 19.3 Å². The fourth-order valence-corrected chi connectivity index (χ4v) is 4.62. The van der Waals surface area contributed by atoms with Crippen molar-refractivity contribution in [1.29, 1.82) is 0 Å². The summed E-state index contributed by atoms with van der Waals surface area (Å²) >= 11 is 6.48. The van der Waals surface area contributed by atoms with Gasteiger partial charge in [0.1, 0.15) is 23.0 Å². The molecule has 4 aromatic rings.